The van der Waals surface area contributed by atoms with Gasteiger partial charge in [-0.1, -0.05) is 51.1 Å². The summed E-state index contributed by atoms with van der Waals surface area (Å²) >= 11 is 0. The molecule has 0 amide bonds. The molecule has 1 rings (SSSR count). The van der Waals surface area contributed by atoms with Crippen LogP contribution in [0.5, 0.6) is 0 Å². The number of hydrogen-bond donors (Lipinski definition) is 0. The molecule has 0 spiro atoms. The molecule has 0 unspecified atom stereocenters. The Morgan fingerprint density at radius 2 is 1.23 bits per heavy atom. The molecule has 0 bridgehead atoms. The fourth-order valence-electron chi connectivity index (χ4n) is 0.938. The van der Waals surface area contributed by atoms with Gasteiger partial charge in [0.2, 0.25) is 0 Å². The Balaban J connectivity index is -0.000000333. The Morgan fingerprint density at radius 3 is 1.46 bits per heavy atom. The van der Waals surface area contributed by atoms with Crippen LogP contribution in [0.2, 0.25) is 0 Å². The summed E-state index contributed by atoms with van der Waals surface area (Å²) in [5, 5.41) is 0. The van der Waals surface area contributed by atoms with E-state index in [0.717, 1.165) is 0 Å². The first-order valence-electron chi connectivity index (χ1n) is 3.66. The van der Waals surface area contributed by atoms with E-state index >= 15 is 0 Å². The third kappa shape index (κ3) is 6.49. The molecule has 0 aliphatic carbocycles. The van der Waals surface area contributed by atoms with Gasteiger partial charge in [-0.2, -0.15) is 0 Å². The largest absolute Gasteiger partial charge is 2.00 e. The van der Waals surface area contributed by atoms with E-state index in [2.05, 4.69) is 51.1 Å². The summed E-state index contributed by atoms with van der Waals surface area (Å²) in [6.45, 7) is 6.67. The van der Waals surface area contributed by atoms with Gasteiger partial charge < -0.3 is 24.8 Å². The van der Waals surface area contributed by atoms with Crippen molar-refractivity contribution in [2.75, 3.05) is 0 Å². The summed E-state index contributed by atoms with van der Waals surface area (Å²) in [4.78, 5) is 0. The van der Waals surface area contributed by atoms with Gasteiger partial charge in [-0.05, 0) is 11.0 Å². The minimum atomic E-state index is 0. The Kier molecular flexibility index (Phi) is 11.4. The summed E-state index contributed by atoms with van der Waals surface area (Å²) in [6.07, 6.45) is 0. The van der Waals surface area contributed by atoms with Crippen LogP contribution < -0.4 is 24.8 Å². The van der Waals surface area contributed by atoms with Crippen LogP contribution in [0, 0.1) is 0 Å². The summed E-state index contributed by atoms with van der Waals surface area (Å²) in [5.74, 6) is 0. The van der Waals surface area contributed by atoms with Crippen molar-refractivity contribution in [1.82, 2.24) is 0 Å². The van der Waals surface area contributed by atoms with Crippen LogP contribution in [0.4, 0.5) is 0 Å². The molecule has 0 atom stereocenters. The smallest absolute Gasteiger partial charge is 1.00 e. The second-order valence-corrected chi connectivity index (χ2v) is 3.62. The van der Waals surface area contributed by atoms with Crippen molar-refractivity contribution >= 4 is 0 Å². The molecule has 76 valence electrons. The van der Waals surface area contributed by atoms with Crippen molar-refractivity contribution < 1.29 is 44.3 Å². The number of rotatable bonds is 0. The molecule has 13 heavy (non-hydrogen) atoms. The maximum Gasteiger partial charge on any atom is 2.00 e. The quantitative estimate of drug-likeness (QED) is 0.448. The second kappa shape index (κ2) is 7.79. The summed E-state index contributed by atoms with van der Waals surface area (Å²) < 4.78 is 0. The van der Waals surface area contributed by atoms with Gasteiger partial charge in [0.05, 0.1) is 0 Å². The van der Waals surface area contributed by atoms with Crippen molar-refractivity contribution in [3.05, 3.63) is 35.9 Å². The molecule has 3 heteroatoms. The van der Waals surface area contributed by atoms with Crippen LogP contribution in [-0.2, 0) is 24.9 Å². The maximum absolute atomic E-state index is 2.22. The first-order chi connectivity index (χ1) is 4.61. The molecule has 1 aromatic rings. The van der Waals surface area contributed by atoms with Crippen LogP contribution in [0.15, 0.2) is 30.3 Å². The number of hydrogen-bond acceptors (Lipinski definition) is 0. The molecule has 0 saturated carbocycles. The predicted molar refractivity (Wildman–Crippen MR) is 45.1 cm³/mol. The third-order valence-electron chi connectivity index (χ3n) is 1.64. The number of halogens is 2. The molecule has 0 saturated heterocycles. The monoisotopic (exact) mass is 306 g/mol. The van der Waals surface area contributed by atoms with Crippen molar-refractivity contribution in [2.45, 2.75) is 26.2 Å². The van der Waals surface area contributed by atoms with E-state index < -0.39 is 0 Å². The maximum atomic E-state index is 2.22. The molecule has 0 aromatic heterocycles. The number of benzene rings is 1. The van der Waals surface area contributed by atoms with Crippen LogP contribution >= 0.6 is 0 Å². The molecule has 1 aromatic carbocycles. The molecule has 0 radical (unpaired) electrons. The molecule has 0 nitrogen and oxygen atoms in total. The zero-order valence-corrected chi connectivity index (χ0v) is 11.2. The molecule has 0 aliphatic rings. The van der Waals surface area contributed by atoms with E-state index in [0.29, 0.717) is 5.41 Å². The van der Waals surface area contributed by atoms with Crippen molar-refractivity contribution in [3.63, 3.8) is 0 Å². The molecule has 0 fully saturated rings. The summed E-state index contributed by atoms with van der Waals surface area (Å²) in [6, 6.07) is 10.6. The van der Waals surface area contributed by atoms with E-state index in [1.54, 1.807) is 0 Å². The topological polar surface area (TPSA) is 0 Å². The summed E-state index contributed by atoms with van der Waals surface area (Å²) in [7, 11) is 0. The standard InChI is InChI=1S/C10H14.2ClH.Ru/c1-10(2,3)9-7-5-4-6-8-9;;;/h4-8H,1-3H3;2*1H;/q;;;+2/p-2. The van der Waals surface area contributed by atoms with E-state index in [9.17, 15) is 0 Å². The Morgan fingerprint density at radius 1 is 0.846 bits per heavy atom. The zero-order chi connectivity index (χ0) is 7.61. The second-order valence-electron chi connectivity index (χ2n) is 3.62. The van der Waals surface area contributed by atoms with Gasteiger partial charge in [0.1, 0.15) is 0 Å². The van der Waals surface area contributed by atoms with Crippen molar-refractivity contribution in [1.29, 1.82) is 0 Å². The van der Waals surface area contributed by atoms with Gasteiger partial charge >= 0.3 is 19.5 Å². The Bertz CT molecular complexity index is 204. The Labute approximate surface area is 106 Å². The van der Waals surface area contributed by atoms with Gasteiger partial charge in [-0.25, -0.2) is 0 Å². The van der Waals surface area contributed by atoms with Crippen molar-refractivity contribution in [3.8, 4) is 0 Å². The minimum absolute atomic E-state index is 0. The average molecular weight is 306 g/mol. The van der Waals surface area contributed by atoms with E-state index in [4.69, 9.17) is 0 Å². The van der Waals surface area contributed by atoms with Crippen molar-refractivity contribution in [2.24, 2.45) is 0 Å². The Hall–Kier alpha value is 0.423. The third-order valence-corrected chi connectivity index (χ3v) is 1.64. The molecule has 0 heterocycles. The average Bonchev–Trinajstić information content (AvgIpc) is 1.88. The first-order valence-corrected chi connectivity index (χ1v) is 3.66. The molecule has 0 N–H and O–H groups in total. The van der Waals surface area contributed by atoms with Gasteiger partial charge in [0.15, 0.2) is 0 Å². The van der Waals surface area contributed by atoms with Crippen LogP contribution in [-0.4, -0.2) is 0 Å². The van der Waals surface area contributed by atoms with Gasteiger partial charge in [-0.15, -0.1) is 0 Å². The zero-order valence-electron chi connectivity index (χ0n) is 8.00. The van der Waals surface area contributed by atoms with E-state index in [1.165, 1.54) is 5.56 Å². The van der Waals surface area contributed by atoms with Crippen LogP contribution in [0.25, 0.3) is 0 Å². The van der Waals surface area contributed by atoms with E-state index in [1.807, 2.05) is 0 Å². The summed E-state index contributed by atoms with van der Waals surface area (Å²) in [5.41, 5.74) is 1.69. The van der Waals surface area contributed by atoms with E-state index in [-0.39, 0.29) is 44.3 Å². The first kappa shape index (κ1) is 19.1. The molecule has 0 aliphatic heterocycles. The minimum Gasteiger partial charge on any atom is -1.00 e. The molecular weight excluding hydrogens is 292 g/mol. The van der Waals surface area contributed by atoms with Gasteiger partial charge in [0, 0.05) is 0 Å². The van der Waals surface area contributed by atoms with Gasteiger partial charge in [0.25, 0.3) is 0 Å². The van der Waals surface area contributed by atoms with Crippen LogP contribution in [0.3, 0.4) is 0 Å². The predicted octanol–water partition coefficient (Wildman–Crippen LogP) is -3.01. The van der Waals surface area contributed by atoms with Gasteiger partial charge in [-0.3, -0.25) is 0 Å². The SMILES string of the molecule is CC(C)(C)c1ccccc1.[Cl-].[Cl-].[Ru+2]. The fourth-order valence-corrected chi connectivity index (χ4v) is 0.938. The fraction of sp³-hybridized carbons (Fsp3) is 0.400. The normalized spacial score (nSPS) is 8.85. The van der Waals surface area contributed by atoms with Crippen LogP contribution in [0.1, 0.15) is 26.3 Å². The molecular formula is C10H14Cl2Ru.